The second-order valence-corrected chi connectivity index (χ2v) is 5.58. The van der Waals surface area contributed by atoms with Gasteiger partial charge < -0.3 is 9.84 Å². The fourth-order valence-corrected chi connectivity index (χ4v) is 2.83. The molecule has 1 aromatic carbocycles. The number of nitrogens with zero attached hydrogens (tertiary/aromatic N) is 2. The first-order chi connectivity index (χ1) is 9.15. The van der Waals surface area contributed by atoms with Crippen LogP contribution in [0.4, 0.5) is 8.78 Å². The van der Waals surface area contributed by atoms with Gasteiger partial charge in [-0.3, -0.25) is 0 Å². The molecular weight excluding hydrogens is 294 g/mol. The predicted octanol–water partition coefficient (Wildman–Crippen LogP) is 2.97. The van der Waals surface area contributed by atoms with Gasteiger partial charge >= 0.3 is 6.61 Å². The molecule has 1 aromatic heterocycles. The number of rotatable bonds is 6. The van der Waals surface area contributed by atoms with Crippen LogP contribution in [-0.4, -0.2) is 27.7 Å². The van der Waals surface area contributed by atoms with Crippen molar-refractivity contribution in [3.63, 3.8) is 0 Å². The summed E-state index contributed by atoms with van der Waals surface area (Å²) < 4.78 is 28.9. The van der Waals surface area contributed by atoms with Gasteiger partial charge in [-0.2, -0.15) is 8.78 Å². The van der Waals surface area contributed by atoms with Crippen LogP contribution in [0.2, 0.25) is 0 Å². The number of hydrogen-bond acceptors (Lipinski definition) is 6. The maximum atomic E-state index is 12.0. The van der Waals surface area contributed by atoms with E-state index in [2.05, 4.69) is 14.9 Å². The van der Waals surface area contributed by atoms with Crippen LogP contribution in [-0.2, 0) is 0 Å². The van der Waals surface area contributed by atoms with E-state index in [9.17, 15) is 13.9 Å². The Morgan fingerprint density at radius 1 is 1.32 bits per heavy atom. The fourth-order valence-electron chi connectivity index (χ4n) is 1.34. The van der Waals surface area contributed by atoms with Gasteiger partial charge in [-0.25, -0.2) is 0 Å². The topological polar surface area (TPSA) is 55.2 Å². The Labute approximate surface area is 116 Å². The second-order valence-electron chi connectivity index (χ2n) is 3.48. The van der Waals surface area contributed by atoms with Gasteiger partial charge in [-0.1, -0.05) is 35.2 Å². The molecule has 0 aliphatic rings. The molecule has 19 heavy (non-hydrogen) atoms. The number of halogens is 2. The summed E-state index contributed by atoms with van der Waals surface area (Å²) in [6.07, 6.45) is -0.700. The molecule has 1 heterocycles. The molecule has 0 radical (unpaired) electrons. The molecule has 2 rings (SSSR count). The van der Waals surface area contributed by atoms with Crippen molar-refractivity contribution >= 4 is 23.1 Å². The number of aliphatic hydroxyl groups is 1. The smallest absolute Gasteiger partial charge is 0.387 e. The third-order valence-corrected chi connectivity index (χ3v) is 4.13. The monoisotopic (exact) mass is 304 g/mol. The Balaban J connectivity index is 1.90. The molecule has 0 fully saturated rings. The van der Waals surface area contributed by atoms with E-state index in [0.29, 0.717) is 11.3 Å². The Morgan fingerprint density at radius 2 is 2.05 bits per heavy atom. The Hall–Kier alpha value is -1.25. The molecule has 0 aliphatic heterocycles. The molecule has 0 saturated carbocycles. The first-order valence-corrected chi connectivity index (χ1v) is 7.13. The molecule has 0 saturated heterocycles. The molecule has 4 nitrogen and oxygen atoms in total. The van der Waals surface area contributed by atoms with Crippen molar-refractivity contribution < 1.29 is 18.6 Å². The minimum atomic E-state index is -2.84. The van der Waals surface area contributed by atoms with Gasteiger partial charge in [0.1, 0.15) is 11.3 Å². The number of benzene rings is 1. The predicted molar refractivity (Wildman–Crippen MR) is 68.7 cm³/mol. The van der Waals surface area contributed by atoms with Crippen molar-refractivity contribution in [3.05, 3.63) is 35.3 Å². The zero-order chi connectivity index (χ0) is 13.7. The van der Waals surface area contributed by atoms with E-state index in [-0.39, 0.29) is 5.75 Å². The van der Waals surface area contributed by atoms with Crippen LogP contribution < -0.4 is 4.74 Å². The minimum absolute atomic E-state index is 0.0720. The highest BCUT2D eigenvalue weighted by atomic mass is 32.2. The molecule has 0 aliphatic carbocycles. The number of aromatic nitrogens is 2. The largest absolute Gasteiger partial charge is 0.435 e. The molecule has 102 valence electrons. The number of aliphatic hydroxyl groups excluding tert-OH is 1. The summed E-state index contributed by atoms with van der Waals surface area (Å²) in [6.45, 7) is -2.84. The number of hydrogen-bond donors (Lipinski definition) is 1. The molecule has 0 amide bonds. The van der Waals surface area contributed by atoms with Crippen LogP contribution in [0.15, 0.2) is 34.1 Å². The van der Waals surface area contributed by atoms with E-state index in [1.807, 2.05) is 0 Å². The molecule has 1 N–H and O–H groups in total. The zero-order valence-corrected chi connectivity index (χ0v) is 11.2. The molecule has 1 atom stereocenters. The average Bonchev–Trinajstić information content (AvgIpc) is 2.89. The molecule has 0 spiro atoms. The second kappa shape index (κ2) is 6.78. The van der Waals surface area contributed by atoms with E-state index in [0.717, 1.165) is 4.34 Å². The third kappa shape index (κ3) is 4.41. The normalized spacial score (nSPS) is 12.6. The Kier molecular flexibility index (Phi) is 5.06. The van der Waals surface area contributed by atoms with Gasteiger partial charge in [-0.15, -0.1) is 10.2 Å². The van der Waals surface area contributed by atoms with Crippen molar-refractivity contribution in [1.82, 2.24) is 10.2 Å². The van der Waals surface area contributed by atoms with Crippen molar-refractivity contribution in [2.24, 2.45) is 0 Å². The number of thioether (sulfide) groups is 1. The van der Waals surface area contributed by atoms with Gasteiger partial charge in [0.15, 0.2) is 4.34 Å². The number of alkyl halides is 2. The maximum absolute atomic E-state index is 12.0. The van der Waals surface area contributed by atoms with Crippen LogP contribution in [0.1, 0.15) is 11.7 Å². The highest BCUT2D eigenvalue weighted by molar-refractivity contribution is 8.01. The van der Waals surface area contributed by atoms with Crippen molar-refractivity contribution in [2.45, 2.75) is 17.1 Å². The Bertz CT molecular complexity index is 494. The first kappa shape index (κ1) is 14.2. The summed E-state index contributed by atoms with van der Waals surface area (Å²) in [7, 11) is 0. The summed E-state index contributed by atoms with van der Waals surface area (Å²) in [6, 6.07) is 5.92. The third-order valence-electron chi connectivity index (χ3n) is 2.19. The van der Waals surface area contributed by atoms with Crippen molar-refractivity contribution in [3.8, 4) is 5.75 Å². The molecular formula is C11H10F2N2O2S2. The van der Waals surface area contributed by atoms with Crippen LogP contribution in [0.25, 0.3) is 0 Å². The lowest BCUT2D eigenvalue weighted by atomic mass is 10.1. The molecule has 2 aromatic rings. The highest BCUT2D eigenvalue weighted by Gasteiger charge is 2.10. The van der Waals surface area contributed by atoms with Crippen LogP contribution in [0.5, 0.6) is 5.75 Å². The lowest BCUT2D eigenvalue weighted by molar-refractivity contribution is -0.0498. The summed E-state index contributed by atoms with van der Waals surface area (Å²) in [4.78, 5) is 0. The zero-order valence-electron chi connectivity index (χ0n) is 9.57. The molecule has 0 bridgehead atoms. The van der Waals surface area contributed by atoms with Gasteiger partial charge in [0.2, 0.25) is 0 Å². The fraction of sp³-hybridized carbons (Fsp3) is 0.273. The molecule has 8 heteroatoms. The quantitative estimate of drug-likeness (QED) is 0.832. The van der Waals surface area contributed by atoms with Gasteiger partial charge in [-0.05, 0) is 17.7 Å². The van der Waals surface area contributed by atoms with E-state index in [4.69, 9.17) is 0 Å². The van der Waals surface area contributed by atoms with Gasteiger partial charge in [0, 0.05) is 5.75 Å². The van der Waals surface area contributed by atoms with Crippen LogP contribution >= 0.6 is 23.1 Å². The maximum Gasteiger partial charge on any atom is 0.387 e. The highest BCUT2D eigenvalue weighted by Crippen LogP contribution is 2.26. The average molecular weight is 304 g/mol. The Morgan fingerprint density at radius 3 is 2.63 bits per heavy atom. The van der Waals surface area contributed by atoms with Crippen LogP contribution in [0, 0.1) is 0 Å². The molecule has 1 unspecified atom stereocenters. The van der Waals surface area contributed by atoms with Crippen LogP contribution in [0.3, 0.4) is 0 Å². The lowest BCUT2D eigenvalue weighted by Gasteiger charge is -2.10. The van der Waals surface area contributed by atoms with E-state index in [1.54, 1.807) is 17.6 Å². The summed E-state index contributed by atoms with van der Waals surface area (Å²) in [5.41, 5.74) is 2.25. The summed E-state index contributed by atoms with van der Waals surface area (Å²) in [5, 5.41) is 17.5. The van der Waals surface area contributed by atoms with Crippen molar-refractivity contribution in [1.29, 1.82) is 0 Å². The van der Waals surface area contributed by atoms with Gasteiger partial charge in [0.05, 0.1) is 6.10 Å². The number of ether oxygens (including phenoxy) is 1. The van der Waals surface area contributed by atoms with E-state index in [1.165, 1.54) is 35.2 Å². The van der Waals surface area contributed by atoms with Gasteiger partial charge in [0.25, 0.3) is 0 Å². The van der Waals surface area contributed by atoms with E-state index < -0.39 is 12.7 Å². The SMILES string of the molecule is OC(CSc1nncs1)c1ccc(OC(F)F)cc1. The first-order valence-electron chi connectivity index (χ1n) is 5.27. The summed E-state index contributed by atoms with van der Waals surface area (Å²) in [5.74, 6) is 0.493. The lowest BCUT2D eigenvalue weighted by Crippen LogP contribution is -2.03. The summed E-state index contributed by atoms with van der Waals surface area (Å²) >= 11 is 2.78. The minimum Gasteiger partial charge on any atom is -0.435 e. The van der Waals surface area contributed by atoms with E-state index >= 15 is 0 Å². The van der Waals surface area contributed by atoms with Crippen molar-refractivity contribution in [2.75, 3.05) is 5.75 Å². The standard InChI is InChI=1S/C11H10F2N2O2S2/c12-10(13)17-8-3-1-7(2-4-8)9(16)5-18-11-15-14-6-19-11/h1-4,6,9-10,16H,5H2.